The number of nitrogens with zero attached hydrogens (tertiary/aromatic N) is 3. The van der Waals surface area contributed by atoms with E-state index in [2.05, 4.69) is 37.3 Å². The molecule has 2 aromatic heterocycles. The minimum atomic E-state index is -0.353. The number of anilines is 1. The zero-order valence-electron chi connectivity index (χ0n) is 20.3. The molecule has 2 aliphatic rings. The van der Waals surface area contributed by atoms with E-state index in [0.717, 1.165) is 12.1 Å². The molecule has 1 amide bonds. The number of hydrogen-bond acceptors (Lipinski definition) is 5. The van der Waals surface area contributed by atoms with E-state index in [1.165, 1.54) is 57.3 Å². The van der Waals surface area contributed by atoms with E-state index in [1.54, 1.807) is 24.7 Å². The molecule has 1 unspecified atom stereocenters. The van der Waals surface area contributed by atoms with Gasteiger partial charge in [-0.1, -0.05) is 25.5 Å². The number of carbonyl (C=O) groups excluding carboxylic acids is 1. The number of carbonyl (C=O) groups is 1. The lowest BCUT2D eigenvalue weighted by Crippen LogP contribution is -2.28. The van der Waals surface area contributed by atoms with E-state index in [1.807, 2.05) is 19.1 Å². The normalized spacial score (nSPS) is 20.3. The van der Waals surface area contributed by atoms with Gasteiger partial charge in [0, 0.05) is 30.1 Å². The first-order valence-corrected chi connectivity index (χ1v) is 12.8. The number of aromatic nitrogens is 3. The van der Waals surface area contributed by atoms with Crippen molar-refractivity contribution in [1.29, 1.82) is 0 Å². The third-order valence-electron chi connectivity index (χ3n) is 7.45. The van der Waals surface area contributed by atoms with Crippen molar-refractivity contribution >= 4 is 11.6 Å². The van der Waals surface area contributed by atoms with Crippen LogP contribution in [0.3, 0.4) is 0 Å². The smallest absolute Gasteiger partial charge is 0.271 e. The van der Waals surface area contributed by atoms with Crippen LogP contribution in [0, 0.1) is 5.92 Å². The number of nitrogens with one attached hydrogen (secondary N) is 2. The highest BCUT2D eigenvalue weighted by Gasteiger charge is 2.30. The molecular weight excluding hydrogens is 438 g/mol. The van der Waals surface area contributed by atoms with Gasteiger partial charge in [0.2, 0.25) is 0 Å². The van der Waals surface area contributed by atoms with Gasteiger partial charge in [0.25, 0.3) is 11.5 Å². The summed E-state index contributed by atoms with van der Waals surface area (Å²) < 4.78 is 0. The van der Waals surface area contributed by atoms with E-state index in [9.17, 15) is 9.59 Å². The summed E-state index contributed by atoms with van der Waals surface area (Å²) in [5, 5.41) is 2.77. The SMILES string of the molecule is CCc1cncc(-c2c[nH]c(=O)c(NC(=O)c3ccc(C4CCC[C@H]4CN4CCCC4)cc3)c2)n1. The molecule has 2 atom stereocenters. The van der Waals surface area contributed by atoms with Crippen LogP contribution in [-0.2, 0) is 6.42 Å². The number of benzene rings is 1. The quantitative estimate of drug-likeness (QED) is 0.524. The lowest BCUT2D eigenvalue weighted by Gasteiger charge is -2.25. The van der Waals surface area contributed by atoms with E-state index in [-0.39, 0.29) is 17.2 Å². The van der Waals surface area contributed by atoms with E-state index < -0.39 is 0 Å². The molecule has 0 bridgehead atoms. The summed E-state index contributed by atoms with van der Waals surface area (Å²) in [5.41, 5.74) is 3.92. The van der Waals surface area contributed by atoms with Gasteiger partial charge in [-0.25, -0.2) is 4.98 Å². The summed E-state index contributed by atoms with van der Waals surface area (Å²) in [6, 6.07) is 9.59. The van der Waals surface area contributed by atoms with Crippen LogP contribution in [0.25, 0.3) is 11.3 Å². The summed E-state index contributed by atoms with van der Waals surface area (Å²) in [6.45, 7) is 5.67. The Bertz CT molecular complexity index is 1230. The van der Waals surface area contributed by atoms with E-state index >= 15 is 0 Å². The molecule has 182 valence electrons. The Morgan fingerprint density at radius 1 is 1.11 bits per heavy atom. The van der Waals surface area contributed by atoms with Gasteiger partial charge in [-0.15, -0.1) is 0 Å². The second-order valence-corrected chi connectivity index (χ2v) is 9.76. The molecule has 0 spiro atoms. The zero-order chi connectivity index (χ0) is 24.2. The van der Waals surface area contributed by atoms with Crippen molar-refractivity contribution in [2.75, 3.05) is 25.0 Å². The Balaban J connectivity index is 1.28. The van der Waals surface area contributed by atoms with Crippen molar-refractivity contribution in [3.63, 3.8) is 0 Å². The highest BCUT2D eigenvalue weighted by molar-refractivity contribution is 6.04. The molecule has 5 rings (SSSR count). The fraction of sp³-hybridized carbons (Fsp3) is 0.429. The number of aromatic amines is 1. The van der Waals surface area contributed by atoms with Crippen LogP contribution >= 0.6 is 0 Å². The Morgan fingerprint density at radius 2 is 1.91 bits per heavy atom. The molecule has 1 aliphatic heterocycles. The molecule has 1 aromatic carbocycles. The summed E-state index contributed by atoms with van der Waals surface area (Å²) in [7, 11) is 0. The van der Waals surface area contributed by atoms with Gasteiger partial charge >= 0.3 is 0 Å². The van der Waals surface area contributed by atoms with E-state index in [4.69, 9.17) is 0 Å². The van der Waals surface area contributed by atoms with Crippen LogP contribution in [0.5, 0.6) is 0 Å². The molecule has 1 aliphatic carbocycles. The topological polar surface area (TPSA) is 91.0 Å². The summed E-state index contributed by atoms with van der Waals surface area (Å²) in [4.78, 5) is 39.4. The predicted octanol–water partition coefficient (Wildman–Crippen LogP) is 4.63. The van der Waals surface area contributed by atoms with Crippen molar-refractivity contribution < 1.29 is 4.79 Å². The molecular formula is C28H33N5O2. The molecule has 1 saturated heterocycles. The minimum Gasteiger partial charge on any atom is -0.327 e. The van der Waals surface area contributed by atoms with Crippen LogP contribution in [0.1, 0.15) is 66.6 Å². The molecule has 0 radical (unpaired) electrons. The molecule has 35 heavy (non-hydrogen) atoms. The van der Waals surface area contributed by atoms with Gasteiger partial charge in [-0.2, -0.15) is 0 Å². The van der Waals surface area contributed by atoms with Crippen molar-refractivity contribution in [3.8, 4) is 11.3 Å². The van der Waals surface area contributed by atoms with Gasteiger partial charge in [-0.3, -0.25) is 14.6 Å². The lowest BCUT2D eigenvalue weighted by molar-refractivity contribution is 0.102. The Morgan fingerprint density at radius 3 is 2.69 bits per heavy atom. The maximum atomic E-state index is 12.9. The van der Waals surface area contributed by atoms with Crippen molar-refractivity contribution in [3.05, 3.63) is 76.1 Å². The molecule has 1 saturated carbocycles. The number of hydrogen-bond donors (Lipinski definition) is 2. The molecule has 7 heteroatoms. The van der Waals surface area contributed by atoms with Gasteiger partial charge in [0.05, 0.1) is 17.6 Å². The first-order chi connectivity index (χ1) is 17.1. The van der Waals surface area contributed by atoms with Crippen LogP contribution in [0.15, 0.2) is 53.7 Å². The zero-order valence-corrected chi connectivity index (χ0v) is 20.3. The lowest BCUT2D eigenvalue weighted by atomic mass is 9.88. The Hall–Kier alpha value is -3.32. The third-order valence-corrected chi connectivity index (χ3v) is 7.45. The van der Waals surface area contributed by atoms with E-state index in [0.29, 0.717) is 28.7 Å². The fourth-order valence-corrected chi connectivity index (χ4v) is 5.51. The molecule has 7 nitrogen and oxygen atoms in total. The Kier molecular flexibility index (Phi) is 7.04. The van der Waals surface area contributed by atoms with Crippen molar-refractivity contribution in [1.82, 2.24) is 19.9 Å². The van der Waals surface area contributed by atoms with Gasteiger partial charge < -0.3 is 15.2 Å². The second-order valence-electron chi connectivity index (χ2n) is 9.76. The average Bonchev–Trinajstić information content (AvgIpc) is 3.58. The Labute approximate surface area is 206 Å². The largest absolute Gasteiger partial charge is 0.327 e. The number of likely N-dealkylation sites (tertiary alicyclic amines) is 1. The molecule has 3 aromatic rings. The van der Waals surface area contributed by atoms with Crippen LogP contribution < -0.4 is 10.9 Å². The number of pyridine rings is 1. The maximum absolute atomic E-state index is 12.9. The number of aryl methyl sites for hydroxylation is 1. The second kappa shape index (κ2) is 10.5. The van der Waals surface area contributed by atoms with Gasteiger partial charge in [0.1, 0.15) is 5.69 Å². The van der Waals surface area contributed by atoms with Crippen LogP contribution in [-0.4, -0.2) is 45.4 Å². The minimum absolute atomic E-state index is 0.196. The summed E-state index contributed by atoms with van der Waals surface area (Å²) in [5.74, 6) is 0.961. The van der Waals surface area contributed by atoms with Gasteiger partial charge in [0.15, 0.2) is 0 Å². The third kappa shape index (κ3) is 5.35. The monoisotopic (exact) mass is 471 g/mol. The number of amides is 1. The standard InChI is InChI=1S/C28H33N5O2/c1-2-23-16-29-17-26(31-23)22-14-25(28(35)30-15-22)32-27(34)20-10-8-19(9-11-20)24-7-5-6-21(24)18-33-12-3-4-13-33/h8-11,14-17,21,24H,2-7,12-13,18H2,1H3,(H,30,35)(H,32,34)/t21-,24?/m0/s1. The molecule has 3 heterocycles. The molecule has 2 fully saturated rings. The summed E-state index contributed by atoms with van der Waals surface area (Å²) in [6.07, 6.45) is 12.2. The number of H-pyrrole nitrogens is 1. The average molecular weight is 472 g/mol. The van der Waals surface area contributed by atoms with Crippen LogP contribution in [0.4, 0.5) is 5.69 Å². The predicted molar refractivity (Wildman–Crippen MR) is 138 cm³/mol. The highest BCUT2D eigenvalue weighted by atomic mass is 16.2. The first-order valence-electron chi connectivity index (χ1n) is 12.8. The van der Waals surface area contributed by atoms with Gasteiger partial charge in [-0.05, 0) is 80.8 Å². The first kappa shape index (κ1) is 23.4. The molecule has 2 N–H and O–H groups in total. The fourth-order valence-electron chi connectivity index (χ4n) is 5.51. The van der Waals surface area contributed by atoms with Crippen molar-refractivity contribution in [2.45, 2.75) is 51.4 Å². The maximum Gasteiger partial charge on any atom is 0.271 e. The highest BCUT2D eigenvalue weighted by Crippen LogP contribution is 2.40. The van der Waals surface area contributed by atoms with Crippen molar-refractivity contribution in [2.24, 2.45) is 5.92 Å². The summed E-state index contributed by atoms with van der Waals surface area (Å²) >= 11 is 0. The van der Waals surface area contributed by atoms with Crippen LogP contribution in [0.2, 0.25) is 0 Å². The number of rotatable bonds is 7.